The van der Waals surface area contributed by atoms with Gasteiger partial charge in [0, 0.05) is 25.9 Å². The second-order valence-corrected chi connectivity index (χ2v) is 7.31. The first-order valence-electron chi connectivity index (χ1n) is 10.5. The van der Waals surface area contributed by atoms with Crippen molar-refractivity contribution in [1.29, 1.82) is 0 Å². The summed E-state index contributed by atoms with van der Waals surface area (Å²) >= 11 is 0. The van der Waals surface area contributed by atoms with Gasteiger partial charge in [-0.2, -0.15) is 0 Å². The quantitative estimate of drug-likeness (QED) is 0.483. The van der Waals surface area contributed by atoms with Crippen LogP contribution in [0.5, 0.6) is 0 Å². The molecule has 148 valence electrons. The smallest absolute Gasteiger partial charge is 0.220 e. The molecule has 0 saturated carbocycles. The van der Waals surface area contributed by atoms with Crippen LogP contribution in [-0.4, -0.2) is 22.0 Å². The van der Waals surface area contributed by atoms with Crippen molar-refractivity contribution in [1.82, 2.24) is 14.9 Å². The number of hydrogen-bond donors (Lipinski definition) is 1. The van der Waals surface area contributed by atoms with Crippen LogP contribution in [0.2, 0.25) is 0 Å². The fourth-order valence-electron chi connectivity index (χ4n) is 3.55. The van der Waals surface area contributed by atoms with Gasteiger partial charge in [-0.1, -0.05) is 62.2 Å². The molecule has 1 heterocycles. The molecule has 1 amide bonds. The third-order valence-corrected chi connectivity index (χ3v) is 5.10. The SMILES string of the molecule is CCCCCn1c(CCCNC(=O)CCc2ccccc2)nc2ccccc21. The molecule has 4 heteroatoms. The summed E-state index contributed by atoms with van der Waals surface area (Å²) in [5.41, 5.74) is 3.50. The highest BCUT2D eigenvalue weighted by atomic mass is 16.1. The third-order valence-electron chi connectivity index (χ3n) is 5.10. The molecule has 0 atom stereocenters. The van der Waals surface area contributed by atoms with Crippen LogP contribution in [0.25, 0.3) is 11.0 Å². The lowest BCUT2D eigenvalue weighted by Crippen LogP contribution is -2.25. The maximum atomic E-state index is 12.1. The van der Waals surface area contributed by atoms with Crippen molar-refractivity contribution in [2.45, 2.75) is 58.4 Å². The number of nitrogens with one attached hydrogen (secondary N) is 1. The van der Waals surface area contributed by atoms with E-state index in [0.29, 0.717) is 13.0 Å². The highest BCUT2D eigenvalue weighted by molar-refractivity contribution is 5.76. The summed E-state index contributed by atoms with van der Waals surface area (Å²) in [4.78, 5) is 16.9. The Kier molecular flexibility index (Phi) is 7.65. The van der Waals surface area contributed by atoms with Gasteiger partial charge in [0.15, 0.2) is 0 Å². The zero-order chi connectivity index (χ0) is 19.6. The van der Waals surface area contributed by atoms with E-state index >= 15 is 0 Å². The maximum Gasteiger partial charge on any atom is 0.220 e. The number of hydrogen-bond acceptors (Lipinski definition) is 2. The normalized spacial score (nSPS) is 11.0. The van der Waals surface area contributed by atoms with Gasteiger partial charge < -0.3 is 9.88 Å². The van der Waals surface area contributed by atoms with Gasteiger partial charge in [-0.15, -0.1) is 0 Å². The number of benzene rings is 2. The van der Waals surface area contributed by atoms with E-state index in [1.54, 1.807) is 0 Å². The number of rotatable bonds is 11. The van der Waals surface area contributed by atoms with Crippen molar-refractivity contribution >= 4 is 16.9 Å². The Morgan fingerprint density at radius 1 is 0.964 bits per heavy atom. The van der Waals surface area contributed by atoms with Crippen molar-refractivity contribution in [3.05, 3.63) is 66.0 Å². The minimum Gasteiger partial charge on any atom is -0.356 e. The molecule has 3 rings (SSSR count). The highest BCUT2D eigenvalue weighted by Crippen LogP contribution is 2.18. The number of imidazole rings is 1. The number of fused-ring (bicyclic) bond motifs is 1. The lowest BCUT2D eigenvalue weighted by molar-refractivity contribution is -0.121. The average Bonchev–Trinajstić information content (AvgIpc) is 3.08. The van der Waals surface area contributed by atoms with Gasteiger partial charge in [0.2, 0.25) is 5.91 Å². The predicted molar refractivity (Wildman–Crippen MR) is 115 cm³/mol. The number of aryl methyl sites for hydroxylation is 3. The van der Waals surface area contributed by atoms with Crippen LogP contribution in [0, 0.1) is 0 Å². The van der Waals surface area contributed by atoms with E-state index in [2.05, 4.69) is 47.1 Å². The molecule has 1 aromatic heterocycles. The largest absolute Gasteiger partial charge is 0.356 e. The molecule has 4 nitrogen and oxygen atoms in total. The molecule has 0 aliphatic rings. The second-order valence-electron chi connectivity index (χ2n) is 7.31. The number of unbranched alkanes of at least 4 members (excludes halogenated alkanes) is 2. The maximum absolute atomic E-state index is 12.1. The molecule has 0 aliphatic carbocycles. The second kappa shape index (κ2) is 10.6. The van der Waals surface area contributed by atoms with Crippen molar-refractivity contribution in [2.24, 2.45) is 0 Å². The summed E-state index contributed by atoms with van der Waals surface area (Å²) in [5.74, 6) is 1.26. The van der Waals surface area contributed by atoms with Crippen LogP contribution in [-0.2, 0) is 24.2 Å². The average molecular weight is 378 g/mol. The number of carbonyl (C=O) groups excluding carboxylic acids is 1. The summed E-state index contributed by atoms with van der Waals surface area (Å²) in [6, 6.07) is 18.5. The zero-order valence-electron chi connectivity index (χ0n) is 16.9. The Bertz CT molecular complexity index is 870. The number of nitrogens with zero attached hydrogens (tertiary/aromatic N) is 2. The predicted octanol–water partition coefficient (Wildman–Crippen LogP) is 4.91. The molecule has 0 radical (unpaired) electrons. The van der Waals surface area contributed by atoms with Gasteiger partial charge in [0.25, 0.3) is 0 Å². The fraction of sp³-hybridized carbons (Fsp3) is 0.417. The van der Waals surface area contributed by atoms with Crippen molar-refractivity contribution in [3.8, 4) is 0 Å². The van der Waals surface area contributed by atoms with E-state index in [1.165, 1.54) is 30.3 Å². The monoisotopic (exact) mass is 377 g/mol. The van der Waals surface area contributed by atoms with E-state index < -0.39 is 0 Å². The molecule has 0 saturated heterocycles. The van der Waals surface area contributed by atoms with Crippen LogP contribution in [0.4, 0.5) is 0 Å². The summed E-state index contributed by atoms with van der Waals surface area (Å²) in [6.07, 6.45) is 6.77. The molecule has 3 aromatic rings. The minimum absolute atomic E-state index is 0.125. The van der Waals surface area contributed by atoms with E-state index in [9.17, 15) is 4.79 Å². The van der Waals surface area contributed by atoms with Crippen molar-refractivity contribution in [3.63, 3.8) is 0 Å². The molecule has 0 spiro atoms. The summed E-state index contributed by atoms with van der Waals surface area (Å²) < 4.78 is 2.36. The Morgan fingerprint density at radius 2 is 1.75 bits per heavy atom. The van der Waals surface area contributed by atoms with Gasteiger partial charge in [0.05, 0.1) is 11.0 Å². The first kappa shape index (κ1) is 20.1. The van der Waals surface area contributed by atoms with Gasteiger partial charge >= 0.3 is 0 Å². The number of aromatic nitrogens is 2. The Balaban J connectivity index is 1.48. The van der Waals surface area contributed by atoms with Crippen LogP contribution in [0.3, 0.4) is 0 Å². The molecule has 0 bridgehead atoms. The number of carbonyl (C=O) groups is 1. The minimum atomic E-state index is 0.125. The lowest BCUT2D eigenvalue weighted by Gasteiger charge is -2.09. The number of amides is 1. The molecule has 28 heavy (non-hydrogen) atoms. The van der Waals surface area contributed by atoms with Crippen LogP contribution >= 0.6 is 0 Å². The standard InChI is InChI=1S/C24H31N3O/c1-2-3-9-19-27-22-14-8-7-13-21(22)26-23(27)15-10-18-25-24(28)17-16-20-11-5-4-6-12-20/h4-8,11-14H,2-3,9-10,15-19H2,1H3,(H,25,28). The molecule has 0 fully saturated rings. The topological polar surface area (TPSA) is 46.9 Å². The molecular weight excluding hydrogens is 346 g/mol. The van der Waals surface area contributed by atoms with E-state index in [-0.39, 0.29) is 5.91 Å². The van der Waals surface area contributed by atoms with Crippen LogP contribution in [0.15, 0.2) is 54.6 Å². The van der Waals surface area contributed by atoms with E-state index in [4.69, 9.17) is 4.98 Å². The summed E-state index contributed by atoms with van der Waals surface area (Å²) in [5, 5.41) is 3.05. The van der Waals surface area contributed by atoms with Crippen LogP contribution in [0.1, 0.15) is 50.4 Å². The molecule has 1 N–H and O–H groups in total. The molecular formula is C24H31N3O. The van der Waals surface area contributed by atoms with Crippen molar-refractivity contribution in [2.75, 3.05) is 6.54 Å². The van der Waals surface area contributed by atoms with E-state index in [1.807, 2.05) is 24.3 Å². The Labute approximate surface area is 168 Å². The first-order valence-corrected chi connectivity index (χ1v) is 10.5. The van der Waals surface area contributed by atoms with Gasteiger partial charge in [0.1, 0.15) is 5.82 Å². The Morgan fingerprint density at radius 3 is 2.57 bits per heavy atom. The van der Waals surface area contributed by atoms with E-state index in [0.717, 1.165) is 37.1 Å². The summed E-state index contributed by atoms with van der Waals surface area (Å²) in [6.45, 7) is 3.95. The fourth-order valence-corrected chi connectivity index (χ4v) is 3.55. The van der Waals surface area contributed by atoms with Gasteiger partial charge in [-0.25, -0.2) is 4.98 Å². The van der Waals surface area contributed by atoms with Crippen molar-refractivity contribution < 1.29 is 4.79 Å². The summed E-state index contributed by atoms with van der Waals surface area (Å²) in [7, 11) is 0. The zero-order valence-corrected chi connectivity index (χ0v) is 16.9. The molecule has 0 aliphatic heterocycles. The molecule has 2 aromatic carbocycles. The van der Waals surface area contributed by atoms with Gasteiger partial charge in [-0.05, 0) is 37.0 Å². The lowest BCUT2D eigenvalue weighted by atomic mass is 10.1. The number of para-hydroxylation sites is 2. The third kappa shape index (κ3) is 5.69. The first-order chi connectivity index (χ1) is 13.8. The van der Waals surface area contributed by atoms with Crippen LogP contribution < -0.4 is 5.32 Å². The Hall–Kier alpha value is -2.62. The van der Waals surface area contributed by atoms with Gasteiger partial charge in [-0.3, -0.25) is 4.79 Å². The molecule has 0 unspecified atom stereocenters. The highest BCUT2D eigenvalue weighted by Gasteiger charge is 2.10.